The molecule has 0 aliphatic carbocycles. The highest BCUT2D eigenvalue weighted by Gasteiger charge is 2.19. The Morgan fingerprint density at radius 1 is 1.33 bits per heavy atom. The fourth-order valence-corrected chi connectivity index (χ4v) is 4.13. The van der Waals surface area contributed by atoms with Crippen molar-refractivity contribution in [1.82, 2.24) is 10.1 Å². The molecule has 9 heteroatoms. The third-order valence-corrected chi connectivity index (χ3v) is 5.96. The molecule has 0 aliphatic heterocycles. The first-order chi connectivity index (χ1) is 11.5. The zero-order chi connectivity index (χ0) is 17.2. The number of nitrogens with one attached hydrogen (secondary N) is 1. The highest BCUT2D eigenvalue weighted by Crippen LogP contribution is 2.28. The number of benzene rings is 1. The van der Waals surface area contributed by atoms with Gasteiger partial charge in [-0.05, 0) is 30.3 Å². The molecule has 0 bridgehead atoms. The molecule has 2 aromatic heterocycles. The average molecular weight is 360 g/mol. The second-order valence-corrected chi connectivity index (χ2v) is 7.63. The normalized spacial score (nSPS) is 11.2. The lowest BCUT2D eigenvalue weighted by Crippen LogP contribution is -2.11. The summed E-state index contributed by atoms with van der Waals surface area (Å²) in [5.41, 5.74) is 1.43. The maximum absolute atomic E-state index is 12.4. The van der Waals surface area contributed by atoms with Crippen molar-refractivity contribution in [2.24, 2.45) is 0 Å². The van der Waals surface area contributed by atoms with Gasteiger partial charge in [-0.15, -0.1) is 11.3 Å². The summed E-state index contributed by atoms with van der Waals surface area (Å²) < 4.78 is 32.5. The van der Waals surface area contributed by atoms with E-state index in [2.05, 4.69) is 14.9 Å². The van der Waals surface area contributed by atoms with E-state index >= 15 is 0 Å². The highest BCUT2D eigenvalue weighted by molar-refractivity contribution is 7.94. The lowest BCUT2D eigenvalue weighted by Gasteiger charge is -2.05. The molecule has 2 heterocycles. The van der Waals surface area contributed by atoms with E-state index in [-0.39, 0.29) is 4.21 Å². The quantitative estimate of drug-likeness (QED) is 0.749. The Balaban J connectivity index is 1.83. The summed E-state index contributed by atoms with van der Waals surface area (Å²) in [6, 6.07) is 9.65. The summed E-state index contributed by atoms with van der Waals surface area (Å²) >= 11 is 1.07. The van der Waals surface area contributed by atoms with Gasteiger partial charge in [-0.25, -0.2) is 8.42 Å². The fraction of sp³-hybridized carbons (Fsp3) is 0.133. The zero-order valence-electron chi connectivity index (χ0n) is 12.6. The largest absolute Gasteiger partial charge is 0.339 e. The van der Waals surface area contributed by atoms with Crippen LogP contribution >= 0.6 is 11.3 Å². The number of hydrogen-bond donors (Lipinski definition) is 1. The van der Waals surface area contributed by atoms with Crippen LogP contribution in [0.4, 0.5) is 5.69 Å². The van der Waals surface area contributed by atoms with Crippen LogP contribution in [0.15, 0.2) is 44.4 Å². The van der Waals surface area contributed by atoms with Crippen molar-refractivity contribution >= 4 is 27.0 Å². The van der Waals surface area contributed by atoms with Crippen LogP contribution in [0.2, 0.25) is 0 Å². The summed E-state index contributed by atoms with van der Waals surface area (Å²) in [5, 5.41) is 14.3. The third-order valence-electron chi connectivity index (χ3n) is 3.14. The van der Waals surface area contributed by atoms with E-state index < -0.39 is 10.0 Å². The van der Waals surface area contributed by atoms with Crippen molar-refractivity contribution < 1.29 is 12.9 Å². The van der Waals surface area contributed by atoms with Gasteiger partial charge in [0.05, 0.1) is 11.6 Å². The Morgan fingerprint density at radius 2 is 2.08 bits per heavy atom. The number of aromatic nitrogens is 2. The lowest BCUT2D eigenvalue weighted by molar-refractivity contribution is 0.383. The van der Waals surface area contributed by atoms with E-state index in [1.807, 2.05) is 13.0 Å². The van der Waals surface area contributed by atoms with Crippen LogP contribution in [0.3, 0.4) is 0 Å². The minimum atomic E-state index is -3.72. The van der Waals surface area contributed by atoms with Crippen LogP contribution in [-0.4, -0.2) is 18.6 Å². The van der Waals surface area contributed by atoms with Crippen molar-refractivity contribution in [3.63, 3.8) is 0 Å². The van der Waals surface area contributed by atoms with Crippen LogP contribution in [0.1, 0.15) is 18.4 Å². The Labute approximate surface area is 142 Å². The molecule has 0 saturated heterocycles. The first kappa shape index (κ1) is 16.2. The summed E-state index contributed by atoms with van der Waals surface area (Å²) in [7, 11) is -3.72. The van der Waals surface area contributed by atoms with Crippen molar-refractivity contribution in [2.75, 3.05) is 4.72 Å². The SMILES string of the molecule is CCc1nc(-c2csc(S(=O)(=O)Nc3ccc(C#N)cc3)c2)no1. The third kappa shape index (κ3) is 3.29. The molecule has 0 aliphatic rings. The van der Waals surface area contributed by atoms with Crippen molar-refractivity contribution in [3.05, 3.63) is 47.2 Å². The van der Waals surface area contributed by atoms with Gasteiger partial charge in [0.15, 0.2) is 0 Å². The molecule has 0 amide bonds. The van der Waals surface area contributed by atoms with E-state index in [1.165, 1.54) is 18.2 Å². The lowest BCUT2D eigenvalue weighted by atomic mass is 10.2. The number of rotatable bonds is 5. The van der Waals surface area contributed by atoms with Crippen LogP contribution in [-0.2, 0) is 16.4 Å². The predicted octanol–water partition coefficient (Wildman–Crippen LogP) is 3.03. The smallest absolute Gasteiger partial charge is 0.271 e. The molecule has 0 spiro atoms. The molecule has 1 aromatic carbocycles. The minimum absolute atomic E-state index is 0.143. The molecule has 0 fully saturated rings. The van der Waals surface area contributed by atoms with E-state index in [9.17, 15) is 8.42 Å². The van der Waals surface area contributed by atoms with E-state index in [4.69, 9.17) is 9.78 Å². The van der Waals surface area contributed by atoms with Gasteiger partial charge in [0, 0.05) is 23.1 Å². The van der Waals surface area contributed by atoms with Crippen LogP contribution in [0.25, 0.3) is 11.4 Å². The van der Waals surface area contributed by atoms with Gasteiger partial charge in [0.1, 0.15) is 4.21 Å². The molecule has 3 aromatic rings. The monoisotopic (exact) mass is 360 g/mol. The molecule has 0 radical (unpaired) electrons. The average Bonchev–Trinajstić information content (AvgIpc) is 3.24. The first-order valence-electron chi connectivity index (χ1n) is 6.96. The van der Waals surface area contributed by atoms with E-state index in [1.54, 1.807) is 17.5 Å². The Morgan fingerprint density at radius 3 is 2.71 bits per heavy atom. The molecular weight excluding hydrogens is 348 g/mol. The Bertz CT molecular complexity index is 998. The topological polar surface area (TPSA) is 109 Å². The van der Waals surface area contributed by atoms with Gasteiger partial charge in [-0.3, -0.25) is 4.72 Å². The highest BCUT2D eigenvalue weighted by atomic mass is 32.2. The molecule has 3 rings (SSSR count). The van der Waals surface area contributed by atoms with E-state index in [0.717, 1.165) is 11.3 Å². The number of thiophene rings is 1. The van der Waals surface area contributed by atoms with Crippen LogP contribution in [0, 0.1) is 11.3 Å². The number of hydrogen-bond acceptors (Lipinski definition) is 7. The van der Waals surface area contributed by atoms with Crippen molar-refractivity contribution in [3.8, 4) is 17.5 Å². The maximum Gasteiger partial charge on any atom is 0.271 e. The van der Waals surface area contributed by atoms with E-state index in [0.29, 0.717) is 35.0 Å². The fourth-order valence-electron chi connectivity index (χ4n) is 1.91. The second kappa shape index (κ2) is 6.43. The van der Waals surface area contributed by atoms with Gasteiger partial charge in [0.2, 0.25) is 11.7 Å². The van der Waals surface area contributed by atoms with Gasteiger partial charge >= 0.3 is 0 Å². The molecule has 1 N–H and O–H groups in total. The summed E-state index contributed by atoms with van der Waals surface area (Å²) in [6.07, 6.45) is 0.614. The minimum Gasteiger partial charge on any atom is -0.339 e. The number of aryl methyl sites for hydroxylation is 1. The summed E-state index contributed by atoms with van der Waals surface area (Å²) in [6.45, 7) is 1.89. The standard InChI is InChI=1S/C15H12N4O3S2/c1-2-13-17-15(18-22-13)11-7-14(23-9-11)24(20,21)19-12-5-3-10(8-16)4-6-12/h3-7,9,19H,2H2,1H3. The van der Waals surface area contributed by atoms with Gasteiger partial charge < -0.3 is 4.52 Å². The predicted molar refractivity (Wildman–Crippen MR) is 89.0 cm³/mol. The molecule has 0 saturated carbocycles. The molecule has 122 valence electrons. The Hall–Kier alpha value is -2.70. The van der Waals surface area contributed by atoms with Gasteiger partial charge in [-0.2, -0.15) is 10.2 Å². The maximum atomic E-state index is 12.4. The molecule has 0 unspecified atom stereocenters. The molecular formula is C15H12N4O3S2. The molecule has 0 atom stereocenters. The van der Waals surface area contributed by atoms with Crippen LogP contribution < -0.4 is 4.72 Å². The molecule has 7 nitrogen and oxygen atoms in total. The summed E-state index contributed by atoms with van der Waals surface area (Å²) in [5.74, 6) is 0.860. The van der Waals surface area contributed by atoms with Crippen molar-refractivity contribution in [1.29, 1.82) is 5.26 Å². The van der Waals surface area contributed by atoms with Gasteiger partial charge in [-0.1, -0.05) is 12.1 Å². The van der Waals surface area contributed by atoms with Crippen molar-refractivity contribution in [2.45, 2.75) is 17.6 Å². The summed E-state index contributed by atoms with van der Waals surface area (Å²) in [4.78, 5) is 4.18. The number of nitriles is 1. The van der Waals surface area contributed by atoms with Crippen LogP contribution in [0.5, 0.6) is 0 Å². The zero-order valence-corrected chi connectivity index (χ0v) is 14.2. The first-order valence-corrected chi connectivity index (χ1v) is 9.32. The van der Waals surface area contributed by atoms with Gasteiger partial charge in [0.25, 0.3) is 10.0 Å². The second-order valence-electron chi connectivity index (χ2n) is 4.81. The Kier molecular flexibility index (Phi) is 4.33. The molecule has 24 heavy (non-hydrogen) atoms. The number of sulfonamides is 1. The number of nitrogens with zero attached hydrogens (tertiary/aromatic N) is 3. The number of anilines is 1.